The van der Waals surface area contributed by atoms with Crippen LogP contribution in [0, 0.1) is 0 Å². The van der Waals surface area contributed by atoms with Crippen LogP contribution in [0.25, 0.3) is 16.5 Å². The Bertz CT molecular complexity index is 1240. The third-order valence-electron chi connectivity index (χ3n) is 5.52. The maximum Gasteiger partial charge on any atom is 0.340 e. The number of thioether (sulfide) groups is 1. The number of nitrogens with two attached hydrogens (primary N) is 1. The van der Waals surface area contributed by atoms with Crippen LogP contribution in [0.15, 0.2) is 72.3 Å². The van der Waals surface area contributed by atoms with Crippen LogP contribution in [0.2, 0.25) is 0 Å². The maximum atomic E-state index is 13.2. The molecule has 1 heterocycles. The van der Waals surface area contributed by atoms with Crippen molar-refractivity contribution in [3.05, 3.63) is 89.8 Å². The maximum absolute atomic E-state index is 13.2. The number of ether oxygens (including phenoxy) is 1. The molecule has 0 radical (unpaired) electrons. The largest absolute Gasteiger partial charge is 0.507 e. The van der Waals surface area contributed by atoms with E-state index in [0.717, 1.165) is 16.1 Å². The van der Waals surface area contributed by atoms with E-state index in [9.17, 15) is 9.90 Å². The number of carbonyl (C=O) groups is 1. The zero-order valence-electron chi connectivity index (χ0n) is 19.8. The normalized spacial score (nSPS) is 11.9. The lowest BCUT2D eigenvalue weighted by Crippen LogP contribution is -2.11. The van der Waals surface area contributed by atoms with Gasteiger partial charge in [-0.25, -0.2) is 4.79 Å². The molecule has 0 unspecified atom stereocenters. The summed E-state index contributed by atoms with van der Waals surface area (Å²) >= 11 is 1.64. The first-order valence-electron chi connectivity index (χ1n) is 11.0. The molecule has 6 nitrogen and oxygen atoms in total. The number of aromatic nitrogens is 1. The van der Waals surface area contributed by atoms with Crippen LogP contribution >= 0.6 is 11.8 Å². The van der Waals surface area contributed by atoms with Crippen LogP contribution in [-0.2, 0) is 24.1 Å². The van der Waals surface area contributed by atoms with Crippen molar-refractivity contribution in [1.82, 2.24) is 9.88 Å². The highest BCUT2D eigenvalue weighted by Gasteiger charge is 2.27. The van der Waals surface area contributed by atoms with Crippen LogP contribution in [0.4, 0.5) is 0 Å². The quantitative estimate of drug-likeness (QED) is 0.214. The fourth-order valence-electron chi connectivity index (χ4n) is 4.01. The number of benzene rings is 2. The van der Waals surface area contributed by atoms with E-state index in [1.54, 1.807) is 44.0 Å². The molecule has 2 aromatic carbocycles. The number of hydrogen-bond donors (Lipinski definition) is 3. The SMILES string of the molecule is C=C/C=C(\C=C/N)c1cc2c(c(CNC)c1O)c(C(=O)OCC)c(CSc1ccccc1)n2C. The molecule has 178 valence electrons. The molecule has 0 aliphatic rings. The fourth-order valence-corrected chi connectivity index (χ4v) is 5.00. The van der Waals surface area contributed by atoms with Gasteiger partial charge in [-0.1, -0.05) is 36.9 Å². The van der Waals surface area contributed by atoms with Crippen LogP contribution in [0.1, 0.15) is 34.1 Å². The lowest BCUT2D eigenvalue weighted by molar-refractivity contribution is 0.0527. The second kappa shape index (κ2) is 11.6. The van der Waals surface area contributed by atoms with Gasteiger partial charge in [-0.2, -0.15) is 0 Å². The molecular formula is C27H31N3O3S. The highest BCUT2D eigenvalue weighted by molar-refractivity contribution is 7.98. The Balaban J connectivity index is 2.33. The lowest BCUT2D eigenvalue weighted by Gasteiger charge is -2.14. The van der Waals surface area contributed by atoms with Gasteiger partial charge in [0.15, 0.2) is 0 Å². The van der Waals surface area contributed by atoms with E-state index in [2.05, 4.69) is 11.9 Å². The molecule has 1 aromatic heterocycles. The van der Waals surface area contributed by atoms with Gasteiger partial charge in [0.25, 0.3) is 0 Å². The Morgan fingerprint density at radius 2 is 2.06 bits per heavy atom. The molecule has 34 heavy (non-hydrogen) atoms. The van der Waals surface area contributed by atoms with Crippen LogP contribution in [0.3, 0.4) is 0 Å². The first-order chi connectivity index (χ1) is 16.5. The molecule has 0 amide bonds. The summed E-state index contributed by atoms with van der Waals surface area (Å²) in [6, 6.07) is 11.9. The van der Waals surface area contributed by atoms with Gasteiger partial charge in [-0.05, 0) is 50.0 Å². The second-order valence-corrected chi connectivity index (χ2v) is 8.64. The highest BCUT2D eigenvalue weighted by atomic mass is 32.2. The summed E-state index contributed by atoms with van der Waals surface area (Å²) in [6.45, 7) is 6.20. The van der Waals surface area contributed by atoms with E-state index in [1.165, 1.54) is 6.20 Å². The Labute approximate surface area is 204 Å². The molecule has 0 aliphatic carbocycles. The van der Waals surface area contributed by atoms with Gasteiger partial charge in [-0.15, -0.1) is 11.8 Å². The molecule has 0 aliphatic heterocycles. The number of fused-ring (bicyclic) bond motifs is 1. The third kappa shape index (κ3) is 5.05. The van der Waals surface area contributed by atoms with Gasteiger partial charge in [0.1, 0.15) is 5.75 Å². The summed E-state index contributed by atoms with van der Waals surface area (Å²) in [5.41, 5.74) is 9.76. The van der Waals surface area contributed by atoms with Gasteiger partial charge in [-0.3, -0.25) is 0 Å². The van der Waals surface area contributed by atoms with E-state index >= 15 is 0 Å². The predicted octanol–water partition coefficient (Wildman–Crippen LogP) is 5.11. The average Bonchev–Trinajstić information content (AvgIpc) is 3.11. The standard InChI is InChI=1S/C27H31N3O3S/c1-5-10-18(13-14-28)20-15-22-24(21(16-29-3)26(20)31)25(27(32)33-6-2)23(30(22)4)17-34-19-11-8-7-9-12-19/h5,7-15,29,31H,1,6,16-17,28H2,2-4H3/b14-13-,18-10+. The summed E-state index contributed by atoms with van der Waals surface area (Å²) < 4.78 is 7.47. The fraction of sp³-hybridized carbons (Fsp3) is 0.222. The van der Waals surface area contributed by atoms with Crippen molar-refractivity contribution in [3.8, 4) is 5.75 Å². The topological polar surface area (TPSA) is 89.5 Å². The monoisotopic (exact) mass is 477 g/mol. The Morgan fingerprint density at radius 1 is 1.32 bits per heavy atom. The average molecular weight is 478 g/mol. The molecule has 0 fully saturated rings. The van der Waals surface area contributed by atoms with E-state index in [1.807, 2.05) is 48.0 Å². The molecule has 3 rings (SSSR count). The number of aromatic hydroxyl groups is 1. The van der Waals surface area contributed by atoms with E-state index < -0.39 is 5.97 Å². The van der Waals surface area contributed by atoms with Crippen LogP contribution in [0.5, 0.6) is 5.75 Å². The summed E-state index contributed by atoms with van der Waals surface area (Å²) in [5.74, 6) is 0.257. The predicted molar refractivity (Wildman–Crippen MR) is 141 cm³/mol. The van der Waals surface area contributed by atoms with E-state index in [-0.39, 0.29) is 12.4 Å². The number of esters is 1. The number of allylic oxidation sites excluding steroid dienone is 4. The summed E-state index contributed by atoms with van der Waals surface area (Å²) in [5, 5.41) is 15.1. The number of nitrogens with one attached hydrogen (secondary N) is 1. The zero-order valence-corrected chi connectivity index (χ0v) is 20.6. The molecule has 7 heteroatoms. The number of phenolic OH excluding ortho intramolecular Hbond substituents is 1. The van der Waals surface area contributed by atoms with Crippen molar-refractivity contribution in [1.29, 1.82) is 0 Å². The Hall–Kier alpha value is -3.42. The minimum Gasteiger partial charge on any atom is -0.507 e. The van der Waals surface area contributed by atoms with Crippen molar-refractivity contribution in [2.24, 2.45) is 12.8 Å². The molecule has 0 bridgehead atoms. The number of phenols is 1. The van der Waals surface area contributed by atoms with Crippen molar-refractivity contribution in [3.63, 3.8) is 0 Å². The van der Waals surface area contributed by atoms with E-state index in [0.29, 0.717) is 39.9 Å². The summed E-state index contributed by atoms with van der Waals surface area (Å²) in [6.07, 6.45) is 6.57. The minimum atomic E-state index is -0.398. The number of rotatable bonds is 10. The molecule has 0 atom stereocenters. The Morgan fingerprint density at radius 3 is 2.68 bits per heavy atom. The molecule has 0 spiro atoms. The van der Waals surface area contributed by atoms with Crippen molar-refractivity contribution >= 4 is 34.2 Å². The highest BCUT2D eigenvalue weighted by Crippen LogP contribution is 2.41. The van der Waals surface area contributed by atoms with Crippen molar-refractivity contribution < 1.29 is 14.6 Å². The van der Waals surface area contributed by atoms with Gasteiger partial charge in [0, 0.05) is 46.4 Å². The van der Waals surface area contributed by atoms with Gasteiger partial charge in [0.05, 0.1) is 17.7 Å². The van der Waals surface area contributed by atoms with Crippen molar-refractivity contribution in [2.75, 3.05) is 13.7 Å². The summed E-state index contributed by atoms with van der Waals surface area (Å²) in [7, 11) is 3.74. The van der Waals surface area contributed by atoms with Crippen molar-refractivity contribution in [2.45, 2.75) is 24.1 Å². The molecular weight excluding hydrogens is 446 g/mol. The van der Waals surface area contributed by atoms with E-state index in [4.69, 9.17) is 10.5 Å². The van der Waals surface area contributed by atoms with Gasteiger partial charge < -0.3 is 25.5 Å². The number of carbonyl (C=O) groups excluding carboxylic acids is 1. The second-order valence-electron chi connectivity index (χ2n) is 7.60. The minimum absolute atomic E-state index is 0.0893. The molecule has 4 N–H and O–H groups in total. The molecule has 0 saturated carbocycles. The first-order valence-corrected chi connectivity index (χ1v) is 12.0. The van der Waals surface area contributed by atoms with Crippen LogP contribution < -0.4 is 11.1 Å². The molecule has 0 saturated heterocycles. The number of aryl methyl sites for hydroxylation is 1. The number of hydrogen-bond acceptors (Lipinski definition) is 6. The Kier molecular flexibility index (Phi) is 8.62. The third-order valence-corrected chi connectivity index (χ3v) is 6.54. The number of nitrogens with zero attached hydrogens (tertiary/aromatic N) is 1. The molecule has 3 aromatic rings. The first kappa shape index (κ1) is 25.2. The van der Waals surface area contributed by atoms with Gasteiger partial charge in [0.2, 0.25) is 0 Å². The van der Waals surface area contributed by atoms with Gasteiger partial charge >= 0.3 is 5.97 Å². The summed E-state index contributed by atoms with van der Waals surface area (Å²) in [4.78, 5) is 14.3. The zero-order chi connectivity index (χ0) is 24.7. The lowest BCUT2D eigenvalue weighted by atomic mass is 9.95. The smallest absolute Gasteiger partial charge is 0.340 e. The van der Waals surface area contributed by atoms with Crippen LogP contribution in [-0.4, -0.2) is 29.3 Å².